The molecule has 4 aromatic rings. The fourth-order valence-corrected chi connectivity index (χ4v) is 9.81. The van der Waals surface area contributed by atoms with Crippen LogP contribution in [0.3, 0.4) is 0 Å². The fourth-order valence-electron chi connectivity index (χ4n) is 9.81. The molecular formula is C50H68N8O8. The molecule has 2 aromatic heterocycles. The van der Waals surface area contributed by atoms with Gasteiger partial charge in [0.15, 0.2) is 0 Å². The predicted molar refractivity (Wildman–Crippen MR) is 253 cm³/mol. The van der Waals surface area contributed by atoms with Crippen molar-refractivity contribution in [2.75, 3.05) is 75.9 Å². The molecule has 1 saturated carbocycles. The second kappa shape index (κ2) is 20.7. The number of morpholine rings is 1. The van der Waals surface area contributed by atoms with E-state index >= 15 is 0 Å². The molecule has 0 spiro atoms. The zero-order valence-electron chi connectivity index (χ0n) is 39.2. The van der Waals surface area contributed by atoms with Crippen LogP contribution in [0.2, 0.25) is 0 Å². The Kier molecular flexibility index (Phi) is 14.8. The van der Waals surface area contributed by atoms with Gasteiger partial charge in [0.05, 0.1) is 42.1 Å². The second-order valence-corrected chi connectivity index (χ2v) is 19.1. The highest BCUT2D eigenvalue weighted by Gasteiger charge is 2.37. The number of aliphatic hydroxyl groups is 1. The van der Waals surface area contributed by atoms with E-state index in [1.807, 2.05) is 43.5 Å². The van der Waals surface area contributed by atoms with Gasteiger partial charge in [-0.1, -0.05) is 44.2 Å². The molecule has 5 heterocycles. The molecule has 4 atom stereocenters. The number of benzene rings is 2. The summed E-state index contributed by atoms with van der Waals surface area (Å²) < 4.78 is 20.2. The van der Waals surface area contributed by atoms with E-state index in [4.69, 9.17) is 19.2 Å². The second-order valence-electron chi connectivity index (χ2n) is 19.1. The summed E-state index contributed by atoms with van der Waals surface area (Å²) in [5.74, 6) is -1.50. The summed E-state index contributed by atoms with van der Waals surface area (Å²) in [6.07, 6.45) is 4.78. The Morgan fingerprint density at radius 3 is 2.45 bits per heavy atom. The van der Waals surface area contributed by atoms with Crippen molar-refractivity contribution in [2.24, 2.45) is 5.41 Å². The first kappa shape index (κ1) is 47.2. The Morgan fingerprint density at radius 1 is 0.985 bits per heavy atom. The monoisotopic (exact) mass is 909 g/mol. The third-order valence-corrected chi connectivity index (χ3v) is 13.7. The van der Waals surface area contributed by atoms with Gasteiger partial charge in [-0.3, -0.25) is 24.5 Å². The maximum absolute atomic E-state index is 14.1. The summed E-state index contributed by atoms with van der Waals surface area (Å²) in [4.78, 5) is 51.7. The summed E-state index contributed by atoms with van der Waals surface area (Å²) >= 11 is 0. The number of piperazine rings is 1. The molecule has 0 radical (unpaired) electrons. The van der Waals surface area contributed by atoms with Crippen molar-refractivity contribution < 1.29 is 38.8 Å². The average molecular weight is 909 g/mol. The summed E-state index contributed by atoms with van der Waals surface area (Å²) in [5.41, 5.74) is 10.5. The number of pyridine rings is 1. The highest BCUT2D eigenvalue weighted by molar-refractivity contribution is 5.95. The summed E-state index contributed by atoms with van der Waals surface area (Å²) in [5, 5.41) is 25.6. The van der Waals surface area contributed by atoms with E-state index in [1.165, 1.54) is 17.9 Å². The molecule has 4 N–H and O–H groups in total. The number of hydrazine groups is 1. The van der Waals surface area contributed by atoms with Crippen molar-refractivity contribution in [3.8, 4) is 11.3 Å². The van der Waals surface area contributed by atoms with Gasteiger partial charge in [-0.2, -0.15) is 0 Å². The molecule has 66 heavy (non-hydrogen) atoms. The molecule has 2 amide bonds. The molecule has 0 bridgehead atoms. The number of fused-ring (bicyclic) bond motifs is 1. The minimum absolute atomic E-state index is 0.0125. The molecule has 3 unspecified atom stereocenters. The van der Waals surface area contributed by atoms with Crippen LogP contribution in [0, 0.1) is 5.41 Å². The largest absolute Gasteiger partial charge is 0.480 e. The first-order chi connectivity index (χ1) is 31.9. The number of aryl methyl sites for hydroxylation is 1. The number of carbonyl (C=O) groups is 3. The standard InChI is InChI=1S/C50H68N8O8/c1-6-57-44-17-16-36(56-23-24-65-38(30-56)27-43(47(60)58-18-10-13-42(53-58)48(61)62)52-49(63)66-31-34-11-8-7-9-12-34)25-39(44)41(28-50(3,4)32-59)46(57)40-26-37(29-51-45(40)33(2)64-5)55-21-19-54(20-22-55)35-14-15-35/h7-9,11-12,16-17,25-26,29,33,35,38,42-43,53,59H,6,10,13-15,18-24,27-28,30-32H2,1-5H3,(H,52,63)(H,61,62)/t33-,38?,42?,43?/m0/s1. The van der Waals surface area contributed by atoms with Gasteiger partial charge < -0.3 is 44.1 Å². The summed E-state index contributed by atoms with van der Waals surface area (Å²) in [6, 6.07) is 16.9. The number of hydrogen-bond donors (Lipinski definition) is 4. The number of methoxy groups -OCH3 is 1. The zero-order chi connectivity index (χ0) is 46.5. The average Bonchev–Trinajstić information content (AvgIpc) is 4.16. The molecule has 356 valence electrons. The first-order valence-corrected chi connectivity index (χ1v) is 23.8. The molecule has 8 rings (SSSR count). The van der Waals surface area contributed by atoms with Crippen LogP contribution in [-0.2, 0) is 43.4 Å². The van der Waals surface area contributed by atoms with Crippen LogP contribution < -0.4 is 20.5 Å². The summed E-state index contributed by atoms with van der Waals surface area (Å²) in [6.45, 7) is 14.9. The lowest BCUT2D eigenvalue weighted by atomic mass is 9.84. The van der Waals surface area contributed by atoms with Crippen LogP contribution >= 0.6 is 0 Å². The Bertz CT molecular complexity index is 2330. The van der Waals surface area contributed by atoms with Crippen molar-refractivity contribution in [2.45, 2.75) is 110 Å². The molecule has 4 fully saturated rings. The van der Waals surface area contributed by atoms with Crippen molar-refractivity contribution >= 4 is 40.2 Å². The SMILES string of the molecule is CCn1c(-c2cc(N3CCN(C4CC4)CC3)cnc2[C@H](C)OC)c(CC(C)(C)CO)c2cc(N3CCOC(CC(NC(=O)OCc4ccccc4)C(=O)N4CCCC(C(=O)O)N4)C3)ccc21. The van der Waals surface area contributed by atoms with Gasteiger partial charge in [0, 0.05) is 101 Å². The smallest absolute Gasteiger partial charge is 0.408 e. The third kappa shape index (κ3) is 10.8. The molecule has 4 aliphatic rings. The van der Waals surface area contributed by atoms with E-state index in [1.54, 1.807) is 7.11 Å². The Hall–Kier alpha value is -5.26. The van der Waals surface area contributed by atoms with Gasteiger partial charge in [0.1, 0.15) is 18.7 Å². The lowest BCUT2D eigenvalue weighted by Crippen LogP contribution is -2.60. The normalized spacial score (nSPS) is 20.6. The van der Waals surface area contributed by atoms with E-state index in [-0.39, 0.29) is 25.7 Å². The molecule has 1 aliphatic carbocycles. The number of alkyl carbamates (subject to hydrolysis) is 1. The van der Waals surface area contributed by atoms with Crippen LogP contribution in [0.1, 0.15) is 82.7 Å². The first-order valence-electron chi connectivity index (χ1n) is 23.8. The number of rotatable bonds is 17. The number of aliphatic hydroxyl groups excluding tert-OH is 1. The van der Waals surface area contributed by atoms with Gasteiger partial charge in [0.2, 0.25) is 0 Å². The summed E-state index contributed by atoms with van der Waals surface area (Å²) in [7, 11) is 1.72. The number of carboxylic acids is 1. The lowest BCUT2D eigenvalue weighted by Gasteiger charge is -2.38. The molecule has 3 saturated heterocycles. The molecule has 16 heteroatoms. The minimum Gasteiger partial charge on any atom is -0.480 e. The molecule has 2 aromatic carbocycles. The molecular weight excluding hydrogens is 841 g/mol. The van der Waals surface area contributed by atoms with E-state index in [9.17, 15) is 24.6 Å². The van der Waals surface area contributed by atoms with E-state index in [0.717, 1.165) is 82.6 Å². The maximum Gasteiger partial charge on any atom is 0.408 e. The van der Waals surface area contributed by atoms with Crippen LogP contribution in [0.25, 0.3) is 22.2 Å². The topological polar surface area (TPSA) is 174 Å². The van der Waals surface area contributed by atoms with Crippen LogP contribution in [0.15, 0.2) is 60.8 Å². The number of aromatic nitrogens is 2. The number of carboxylic acid groups (broad SMARTS) is 1. The van der Waals surface area contributed by atoms with Gasteiger partial charge in [-0.05, 0) is 86.8 Å². The Labute approximate surface area is 388 Å². The van der Waals surface area contributed by atoms with Crippen LogP contribution in [-0.4, -0.2) is 138 Å². The minimum atomic E-state index is -1.05. The van der Waals surface area contributed by atoms with E-state index in [2.05, 4.69) is 75.0 Å². The molecule has 16 nitrogen and oxygen atoms in total. The fraction of sp³-hybridized carbons (Fsp3) is 0.560. The van der Waals surface area contributed by atoms with Crippen molar-refractivity contribution in [1.82, 2.24) is 30.2 Å². The maximum atomic E-state index is 14.1. The van der Waals surface area contributed by atoms with Crippen molar-refractivity contribution in [1.29, 1.82) is 0 Å². The van der Waals surface area contributed by atoms with Crippen LogP contribution in [0.4, 0.5) is 16.2 Å². The number of amides is 2. The number of anilines is 2. The highest BCUT2D eigenvalue weighted by Crippen LogP contribution is 2.43. The quantitative estimate of drug-likeness (QED) is 0.101. The van der Waals surface area contributed by atoms with Crippen LogP contribution in [0.5, 0.6) is 0 Å². The number of hydrogen-bond acceptors (Lipinski definition) is 12. The van der Waals surface area contributed by atoms with E-state index < -0.39 is 41.6 Å². The number of nitrogens with one attached hydrogen (secondary N) is 2. The van der Waals surface area contributed by atoms with Gasteiger partial charge in [0.25, 0.3) is 5.91 Å². The Morgan fingerprint density at radius 2 is 1.76 bits per heavy atom. The zero-order valence-corrected chi connectivity index (χ0v) is 39.2. The Balaban J connectivity index is 1.10. The van der Waals surface area contributed by atoms with Gasteiger partial charge in [-0.25, -0.2) is 10.2 Å². The number of carbonyl (C=O) groups excluding carboxylic acids is 2. The number of nitrogens with zero attached hydrogens (tertiary/aromatic N) is 6. The number of ether oxygens (including phenoxy) is 3. The lowest BCUT2D eigenvalue weighted by molar-refractivity contribution is -0.148. The highest BCUT2D eigenvalue weighted by atomic mass is 16.5. The van der Waals surface area contributed by atoms with Gasteiger partial charge >= 0.3 is 12.1 Å². The predicted octanol–water partition coefficient (Wildman–Crippen LogP) is 5.75. The molecule has 3 aliphatic heterocycles. The number of aliphatic carboxylic acids is 1. The van der Waals surface area contributed by atoms with Crippen molar-refractivity contribution in [3.05, 3.63) is 77.6 Å². The third-order valence-electron chi connectivity index (χ3n) is 13.7. The van der Waals surface area contributed by atoms with Crippen molar-refractivity contribution in [3.63, 3.8) is 0 Å². The van der Waals surface area contributed by atoms with E-state index in [0.29, 0.717) is 52.0 Å². The van der Waals surface area contributed by atoms with Gasteiger partial charge in [-0.15, -0.1) is 0 Å².